The summed E-state index contributed by atoms with van der Waals surface area (Å²) in [5, 5.41) is 0. The second-order valence-corrected chi connectivity index (χ2v) is 5.63. The average Bonchev–Trinajstić information content (AvgIpc) is 2.16. The first kappa shape index (κ1) is 12.7. The number of rotatable bonds is 4. The van der Waals surface area contributed by atoms with Crippen LogP contribution in [0.15, 0.2) is 29.2 Å². The number of carbonyl (C=O) groups excluding carboxylic acids is 1. The lowest BCUT2D eigenvalue weighted by Crippen LogP contribution is -2.20. The highest BCUT2D eigenvalue weighted by atomic mass is 32.2. The number of hydrogen-bond acceptors (Lipinski definition) is 4. The lowest BCUT2D eigenvalue weighted by molar-refractivity contribution is -0.122. The molecule has 0 saturated carbocycles. The highest BCUT2D eigenvalue weighted by Gasteiger charge is 2.12. The van der Waals surface area contributed by atoms with Gasteiger partial charge in [-0.3, -0.25) is 4.79 Å². The Hall–Kier alpha value is -1.36. The number of Topliss-reactive ketones (excluding diaryl/α,β-unsaturated/α-hetero) is 1. The van der Waals surface area contributed by atoms with Crippen LogP contribution in [0.4, 0.5) is 0 Å². The van der Waals surface area contributed by atoms with Crippen LogP contribution < -0.4 is 4.74 Å². The van der Waals surface area contributed by atoms with Gasteiger partial charge in [-0.15, -0.1) is 0 Å². The van der Waals surface area contributed by atoms with Crippen LogP contribution in [0, 0.1) is 0 Å². The van der Waals surface area contributed by atoms with E-state index in [2.05, 4.69) is 0 Å². The Morgan fingerprint density at radius 2 is 2.00 bits per heavy atom. The van der Waals surface area contributed by atoms with E-state index in [-0.39, 0.29) is 10.7 Å². The summed E-state index contributed by atoms with van der Waals surface area (Å²) >= 11 is 0. The summed E-state index contributed by atoms with van der Waals surface area (Å²) in [6.07, 6.45) is 0.551. The first-order valence-electron chi connectivity index (χ1n) is 4.78. The molecule has 0 N–H and O–H groups in total. The van der Waals surface area contributed by atoms with Gasteiger partial charge in [0.05, 0.1) is 4.90 Å². The molecule has 0 amide bonds. The van der Waals surface area contributed by atoms with Gasteiger partial charge in [0.2, 0.25) is 0 Å². The first-order valence-corrected chi connectivity index (χ1v) is 6.67. The van der Waals surface area contributed by atoms with E-state index in [9.17, 15) is 13.2 Å². The molecule has 0 aliphatic rings. The average molecular weight is 242 g/mol. The summed E-state index contributed by atoms with van der Waals surface area (Å²) < 4.78 is 27.9. The van der Waals surface area contributed by atoms with Crippen molar-refractivity contribution in [2.75, 3.05) is 6.26 Å². The van der Waals surface area contributed by atoms with E-state index in [1.54, 1.807) is 19.1 Å². The zero-order valence-electron chi connectivity index (χ0n) is 9.43. The minimum absolute atomic E-state index is 0.107. The van der Waals surface area contributed by atoms with E-state index in [1.807, 2.05) is 0 Å². The molecule has 0 aromatic heterocycles. The molecule has 16 heavy (non-hydrogen) atoms. The fraction of sp³-hybridized carbons (Fsp3) is 0.364. The maximum atomic E-state index is 11.3. The van der Waals surface area contributed by atoms with E-state index in [0.29, 0.717) is 5.75 Å². The Kier molecular flexibility index (Phi) is 3.70. The van der Waals surface area contributed by atoms with E-state index < -0.39 is 15.9 Å². The maximum absolute atomic E-state index is 11.3. The van der Waals surface area contributed by atoms with Crippen molar-refractivity contribution in [3.05, 3.63) is 24.3 Å². The van der Waals surface area contributed by atoms with Crippen molar-refractivity contribution in [3.8, 4) is 5.75 Å². The molecule has 1 aromatic carbocycles. The van der Waals surface area contributed by atoms with Crippen molar-refractivity contribution in [3.63, 3.8) is 0 Å². The van der Waals surface area contributed by atoms with Crippen molar-refractivity contribution in [2.45, 2.75) is 24.8 Å². The molecule has 1 unspecified atom stereocenters. The van der Waals surface area contributed by atoms with Crippen LogP contribution in [-0.2, 0) is 14.6 Å². The van der Waals surface area contributed by atoms with E-state index in [1.165, 1.54) is 19.1 Å². The van der Waals surface area contributed by atoms with Gasteiger partial charge in [-0.05, 0) is 32.0 Å². The minimum atomic E-state index is -3.25. The number of hydrogen-bond donors (Lipinski definition) is 0. The quantitative estimate of drug-likeness (QED) is 0.801. The summed E-state index contributed by atoms with van der Waals surface area (Å²) in [5.74, 6) is 0.274. The molecule has 5 heteroatoms. The molecule has 0 spiro atoms. The Morgan fingerprint density at radius 1 is 1.38 bits per heavy atom. The zero-order chi connectivity index (χ0) is 12.3. The van der Waals surface area contributed by atoms with Crippen molar-refractivity contribution in [1.82, 2.24) is 0 Å². The Morgan fingerprint density at radius 3 is 2.50 bits per heavy atom. The summed E-state index contributed by atoms with van der Waals surface area (Å²) in [4.78, 5) is 11.2. The first-order chi connectivity index (χ1) is 7.30. The predicted octanol–water partition coefficient (Wildman–Crippen LogP) is 1.45. The second kappa shape index (κ2) is 4.65. The third kappa shape index (κ3) is 3.34. The van der Waals surface area contributed by atoms with Crippen molar-refractivity contribution in [2.24, 2.45) is 0 Å². The third-order valence-corrected chi connectivity index (χ3v) is 3.23. The van der Waals surface area contributed by atoms with Crippen LogP contribution in [0.3, 0.4) is 0 Å². The fourth-order valence-electron chi connectivity index (χ4n) is 1.07. The lowest BCUT2D eigenvalue weighted by Gasteiger charge is -2.11. The normalized spacial score (nSPS) is 13.2. The molecule has 0 fully saturated rings. The molecular formula is C11H14O4S. The van der Waals surface area contributed by atoms with Crippen molar-refractivity contribution >= 4 is 15.6 Å². The van der Waals surface area contributed by atoms with Crippen molar-refractivity contribution in [1.29, 1.82) is 0 Å². The fourth-order valence-corrected chi connectivity index (χ4v) is 1.72. The molecule has 0 bridgehead atoms. The number of benzene rings is 1. The number of sulfone groups is 1. The molecule has 88 valence electrons. The Bertz CT molecular complexity index is 490. The van der Waals surface area contributed by atoms with E-state index in [4.69, 9.17) is 4.74 Å². The summed E-state index contributed by atoms with van der Waals surface area (Å²) in [5.41, 5.74) is 0. The van der Waals surface area contributed by atoms with E-state index in [0.717, 1.165) is 6.26 Å². The summed E-state index contributed by atoms with van der Waals surface area (Å²) in [6.45, 7) is 3.04. The number of ether oxygens (including phenoxy) is 1. The van der Waals surface area contributed by atoms with Gasteiger partial charge in [-0.2, -0.15) is 0 Å². The van der Waals surface area contributed by atoms with Gasteiger partial charge in [0.1, 0.15) is 5.75 Å². The summed E-state index contributed by atoms with van der Waals surface area (Å²) in [7, 11) is -3.25. The minimum Gasteiger partial charge on any atom is -0.483 e. The molecule has 0 radical (unpaired) electrons. The molecule has 0 aliphatic carbocycles. The SMILES string of the molecule is CC(=O)C(C)Oc1cccc(S(C)(=O)=O)c1. The van der Waals surface area contributed by atoms with Crippen LogP contribution in [0.25, 0.3) is 0 Å². The molecule has 1 rings (SSSR count). The monoisotopic (exact) mass is 242 g/mol. The van der Waals surface area contributed by atoms with Crippen molar-refractivity contribution < 1.29 is 17.9 Å². The van der Waals surface area contributed by atoms with E-state index >= 15 is 0 Å². The second-order valence-electron chi connectivity index (χ2n) is 3.62. The highest BCUT2D eigenvalue weighted by Crippen LogP contribution is 2.18. The third-order valence-electron chi connectivity index (χ3n) is 2.12. The van der Waals surface area contributed by atoms with Gasteiger partial charge in [0.25, 0.3) is 0 Å². The highest BCUT2D eigenvalue weighted by molar-refractivity contribution is 7.90. The van der Waals surface area contributed by atoms with Gasteiger partial charge in [-0.1, -0.05) is 6.07 Å². The van der Waals surface area contributed by atoms with Crippen LogP contribution in [0.2, 0.25) is 0 Å². The van der Waals surface area contributed by atoms with Gasteiger partial charge < -0.3 is 4.74 Å². The summed E-state index contributed by atoms with van der Waals surface area (Å²) in [6, 6.07) is 6.10. The van der Waals surface area contributed by atoms with Gasteiger partial charge in [-0.25, -0.2) is 8.42 Å². The van der Waals surface area contributed by atoms with Crippen LogP contribution in [-0.4, -0.2) is 26.6 Å². The van der Waals surface area contributed by atoms with Crippen LogP contribution in [0.1, 0.15) is 13.8 Å². The van der Waals surface area contributed by atoms with Gasteiger partial charge in [0.15, 0.2) is 21.7 Å². The lowest BCUT2D eigenvalue weighted by atomic mass is 10.3. The van der Waals surface area contributed by atoms with Gasteiger partial charge >= 0.3 is 0 Å². The smallest absolute Gasteiger partial charge is 0.175 e. The van der Waals surface area contributed by atoms with Crippen LogP contribution >= 0.6 is 0 Å². The molecular weight excluding hydrogens is 228 g/mol. The zero-order valence-corrected chi connectivity index (χ0v) is 10.2. The van der Waals surface area contributed by atoms with Gasteiger partial charge in [0, 0.05) is 6.26 Å². The molecule has 0 heterocycles. The molecule has 1 aromatic rings. The molecule has 0 aliphatic heterocycles. The van der Waals surface area contributed by atoms with Crippen LogP contribution in [0.5, 0.6) is 5.75 Å². The number of ketones is 1. The Balaban J connectivity index is 2.96. The maximum Gasteiger partial charge on any atom is 0.175 e. The largest absolute Gasteiger partial charge is 0.483 e. The molecule has 0 saturated heterocycles. The Labute approximate surface area is 95.2 Å². The predicted molar refractivity (Wildman–Crippen MR) is 60.3 cm³/mol. The number of carbonyl (C=O) groups is 1. The molecule has 1 atom stereocenters. The molecule has 4 nitrogen and oxygen atoms in total. The standard InChI is InChI=1S/C11H14O4S/c1-8(12)9(2)15-10-5-4-6-11(7-10)16(3,13)14/h4-7,9H,1-3H3. The topological polar surface area (TPSA) is 60.4 Å².